The number of benzene rings is 2. The minimum atomic E-state index is -4.35. The summed E-state index contributed by atoms with van der Waals surface area (Å²) in [6, 6.07) is 13.1. The third-order valence-corrected chi connectivity index (χ3v) is 13.6. The molecule has 0 radical (unpaired) electrons. The predicted octanol–water partition coefficient (Wildman–Crippen LogP) is 6.31. The zero-order chi connectivity index (χ0) is 43.0. The van der Waals surface area contributed by atoms with Gasteiger partial charge in [0.05, 0.1) is 36.9 Å². The maximum atomic E-state index is 14.7. The van der Waals surface area contributed by atoms with E-state index in [1.54, 1.807) is 46.1 Å². The maximum absolute atomic E-state index is 14.7. The highest BCUT2D eigenvalue weighted by Crippen LogP contribution is 2.58. The number of amides is 3. The van der Waals surface area contributed by atoms with Crippen LogP contribution in [0.4, 0.5) is 10.8 Å². The lowest BCUT2D eigenvalue weighted by molar-refractivity contribution is -0.331. The number of carbonyl (C=O) groups is 3. The number of sulfonamides is 1. The van der Waals surface area contributed by atoms with E-state index in [1.165, 1.54) is 22.3 Å². The molecule has 14 nitrogen and oxygen atoms in total. The van der Waals surface area contributed by atoms with Crippen LogP contribution in [0.15, 0.2) is 71.0 Å². The Morgan fingerprint density at radius 1 is 1.10 bits per heavy atom. The summed E-state index contributed by atoms with van der Waals surface area (Å²) in [7, 11) is -2.75. The van der Waals surface area contributed by atoms with Gasteiger partial charge in [-0.25, -0.2) is 23.1 Å². The van der Waals surface area contributed by atoms with Crippen LogP contribution in [-0.4, -0.2) is 79.9 Å². The van der Waals surface area contributed by atoms with Gasteiger partial charge in [-0.3, -0.25) is 14.4 Å². The molecule has 2 aliphatic heterocycles. The summed E-state index contributed by atoms with van der Waals surface area (Å²) in [6.45, 7) is 12.0. The van der Waals surface area contributed by atoms with Crippen molar-refractivity contribution >= 4 is 60.8 Å². The molecule has 7 rings (SSSR count). The van der Waals surface area contributed by atoms with Gasteiger partial charge in [-0.15, -0.1) is 11.3 Å². The fourth-order valence-corrected chi connectivity index (χ4v) is 10.2. The van der Waals surface area contributed by atoms with Crippen molar-refractivity contribution in [3.05, 3.63) is 66.1 Å². The van der Waals surface area contributed by atoms with E-state index >= 15 is 0 Å². The normalized spacial score (nSPS) is 24.8. The van der Waals surface area contributed by atoms with Crippen molar-refractivity contribution in [1.82, 2.24) is 19.9 Å². The molecular formula is C44H56N7O7S2+. The number of H-pyrrole nitrogens is 1. The number of nitrogens with one attached hydrogen (secondary N) is 5. The smallest absolute Gasteiger partial charge is 0.266 e. The largest absolute Gasteiger partial charge is 0.497 e. The summed E-state index contributed by atoms with van der Waals surface area (Å²) in [4.78, 5) is 52.9. The van der Waals surface area contributed by atoms with Crippen LogP contribution in [0.25, 0.3) is 22.3 Å². The number of aromatic nitrogens is 2. The first-order chi connectivity index (χ1) is 28.4. The quantitative estimate of drug-likeness (QED) is 0.147. The average molecular weight is 859 g/mol. The Bertz CT molecular complexity index is 2430. The first-order valence-corrected chi connectivity index (χ1v) is 22.9. The average Bonchev–Trinajstić information content (AvgIpc) is 3.48. The maximum Gasteiger partial charge on any atom is 0.266 e. The summed E-state index contributed by atoms with van der Waals surface area (Å²) in [6.07, 6.45) is 7.06. The second-order valence-electron chi connectivity index (χ2n) is 17.6. The highest BCUT2D eigenvalue weighted by atomic mass is 32.2. The Hall–Kier alpha value is -5.22. The number of fused-ring (bicyclic) bond motifs is 3. The molecule has 0 unspecified atom stereocenters. The van der Waals surface area contributed by atoms with Gasteiger partial charge in [0.15, 0.2) is 5.13 Å². The number of pyridine rings is 1. The van der Waals surface area contributed by atoms with Crippen LogP contribution in [0.1, 0.15) is 80.1 Å². The molecule has 4 heterocycles. The number of rotatable bonds is 8. The molecular weight excluding hydrogens is 803 g/mol. The van der Waals surface area contributed by atoms with E-state index in [9.17, 15) is 22.8 Å². The highest BCUT2D eigenvalue weighted by Gasteiger charge is 2.70. The molecule has 60 heavy (non-hydrogen) atoms. The number of anilines is 2. The molecule has 2 aromatic heterocycles. The summed E-state index contributed by atoms with van der Waals surface area (Å²) in [5, 5.41) is 13.1. The van der Waals surface area contributed by atoms with Crippen LogP contribution in [0.5, 0.6) is 11.5 Å². The lowest BCUT2D eigenvalue weighted by atomic mass is 9.94. The summed E-state index contributed by atoms with van der Waals surface area (Å²) in [5.74, 6) is -0.480. The Balaban J connectivity index is 1.20. The Morgan fingerprint density at radius 3 is 2.63 bits per heavy atom. The summed E-state index contributed by atoms with van der Waals surface area (Å²) >= 11 is 1.49. The monoisotopic (exact) mass is 858 g/mol. The second-order valence-corrected chi connectivity index (χ2v) is 20.1. The Labute approximate surface area is 356 Å². The number of allylic oxidation sites excluding steroid dienone is 1. The number of methoxy groups -OCH3 is 1. The molecule has 1 saturated carbocycles. The predicted molar refractivity (Wildman–Crippen MR) is 232 cm³/mol. The number of carbonyl (C=O) groups excluding carboxylic acids is 3. The molecule has 5 N–H and O–H groups in total. The number of para-hydroxylation sites is 1. The third-order valence-electron chi connectivity index (χ3n) is 11.4. The molecule has 0 spiro atoms. The lowest BCUT2D eigenvalue weighted by Gasteiger charge is -2.31. The minimum absolute atomic E-state index is 0.0552. The van der Waals surface area contributed by atoms with Crippen molar-refractivity contribution in [2.45, 2.75) is 109 Å². The third kappa shape index (κ3) is 8.80. The standard InChI is InChI=1S/C44H55N7O7S2/c1-27(2)46-41-48-34(25-59-41)33-23-36(30-18-17-28(57-7)21-32(30)47-33)58-29-22-35(51(24-29)40(54)42(3,4)5)38(52)49-44-26-43(44,6)19-13-9-8-10-14-20-45-31-15-11-12-16-37(31)60(55,56)50-39(44)53/h11-13,15-19,21,23,25,27,29,35,45H,8-10,14,20,22,24,26H2,1-7H3,(H,46,48)(H,49,52)(H,50,53)/p+1/b19-13-/t29-,35+,43-,44+/m1/s1. The Morgan fingerprint density at radius 2 is 1.88 bits per heavy atom. The second kappa shape index (κ2) is 16.7. The van der Waals surface area contributed by atoms with Crippen molar-refractivity contribution in [3.8, 4) is 22.9 Å². The highest BCUT2D eigenvalue weighted by molar-refractivity contribution is 7.90. The molecule has 3 amide bonds. The number of hydrogen-bond donors (Lipinski definition) is 4. The SMILES string of the molecule is COc1ccc2c(O[C@@H]3C[C@@H](C(=O)N[C@]45C[C@@]4(C)/C=C\CCCCCNc4ccccc4S(=O)(=O)NC5=O)N(C(=O)C(C)(C)C)C3)cc(-c3csc(NC(C)C)n3)[nH+]c2c1. The van der Waals surface area contributed by atoms with E-state index in [0.717, 1.165) is 41.7 Å². The fourth-order valence-electron chi connectivity index (χ4n) is 8.10. The number of aromatic amines is 1. The molecule has 3 aliphatic rings. The minimum Gasteiger partial charge on any atom is -0.497 e. The van der Waals surface area contributed by atoms with Crippen LogP contribution in [0.3, 0.4) is 0 Å². The van der Waals surface area contributed by atoms with Gasteiger partial charge in [0.2, 0.25) is 23.0 Å². The van der Waals surface area contributed by atoms with Crippen LogP contribution in [0, 0.1) is 10.8 Å². The van der Waals surface area contributed by atoms with E-state index in [4.69, 9.17) is 14.5 Å². The first kappa shape index (κ1) is 42.9. The van der Waals surface area contributed by atoms with Crippen molar-refractivity contribution in [1.29, 1.82) is 0 Å². The number of likely N-dealkylation sites (tertiary alicyclic amines) is 1. The fraction of sp³-hybridized carbons (Fsp3) is 0.477. The number of nitrogens with zero attached hydrogens (tertiary/aromatic N) is 2. The zero-order valence-electron chi connectivity index (χ0n) is 35.3. The van der Waals surface area contributed by atoms with E-state index in [0.29, 0.717) is 35.1 Å². The molecule has 320 valence electrons. The van der Waals surface area contributed by atoms with Gasteiger partial charge in [-0.1, -0.05) is 58.4 Å². The van der Waals surface area contributed by atoms with Gasteiger partial charge in [0, 0.05) is 35.2 Å². The van der Waals surface area contributed by atoms with E-state index in [-0.39, 0.29) is 36.2 Å². The van der Waals surface area contributed by atoms with Crippen LogP contribution in [-0.2, 0) is 24.4 Å². The van der Waals surface area contributed by atoms with Crippen molar-refractivity contribution in [3.63, 3.8) is 0 Å². The molecule has 2 fully saturated rings. The summed E-state index contributed by atoms with van der Waals surface area (Å²) < 4.78 is 42.3. The van der Waals surface area contributed by atoms with Gasteiger partial charge < -0.3 is 30.3 Å². The van der Waals surface area contributed by atoms with Gasteiger partial charge in [-0.2, -0.15) is 0 Å². The zero-order valence-corrected chi connectivity index (χ0v) is 36.9. The van der Waals surface area contributed by atoms with E-state index in [1.807, 2.05) is 62.6 Å². The van der Waals surface area contributed by atoms with Crippen molar-refractivity contribution < 1.29 is 37.3 Å². The molecule has 2 aromatic carbocycles. The Kier molecular flexibility index (Phi) is 11.9. The first-order valence-electron chi connectivity index (χ1n) is 20.6. The van der Waals surface area contributed by atoms with Gasteiger partial charge in [-0.05, 0) is 63.8 Å². The van der Waals surface area contributed by atoms with Gasteiger partial charge >= 0.3 is 0 Å². The topological polar surface area (TPSA) is 182 Å². The lowest BCUT2D eigenvalue weighted by Crippen LogP contribution is -2.58. The molecule has 16 heteroatoms. The summed E-state index contributed by atoms with van der Waals surface area (Å²) in [5.41, 5.74) is -0.767. The number of hydrogen-bond acceptors (Lipinski definition) is 11. The van der Waals surface area contributed by atoms with Crippen LogP contribution in [0.2, 0.25) is 0 Å². The van der Waals surface area contributed by atoms with Crippen molar-refractivity contribution in [2.24, 2.45) is 10.8 Å². The molecule has 1 saturated heterocycles. The van der Waals surface area contributed by atoms with E-state index in [2.05, 4.69) is 25.7 Å². The molecule has 4 atom stereocenters. The van der Waals surface area contributed by atoms with Gasteiger partial charge in [0.1, 0.15) is 39.8 Å². The molecule has 4 aromatic rings. The van der Waals surface area contributed by atoms with Crippen LogP contribution < -0.4 is 35.1 Å². The van der Waals surface area contributed by atoms with E-state index < -0.39 is 50.4 Å². The molecule has 1 aliphatic carbocycles. The number of thiazole rings is 1. The van der Waals surface area contributed by atoms with Crippen molar-refractivity contribution in [2.75, 3.05) is 30.8 Å². The van der Waals surface area contributed by atoms with Crippen LogP contribution >= 0.6 is 11.3 Å². The molecule has 0 bridgehead atoms. The van der Waals surface area contributed by atoms with Gasteiger partial charge in [0.25, 0.3) is 15.9 Å². The number of ether oxygens (including phenoxy) is 2.